The first kappa shape index (κ1) is 15.4. The molecule has 25 heavy (non-hydrogen) atoms. The molecule has 0 fully saturated rings. The van der Waals surface area contributed by atoms with E-state index in [-0.39, 0.29) is 0 Å². The molecule has 0 saturated heterocycles. The summed E-state index contributed by atoms with van der Waals surface area (Å²) >= 11 is 0. The largest absolute Gasteiger partial charge is 0.496 e. The Balaban J connectivity index is 2.04. The molecular weight excluding hydrogens is 312 g/mol. The highest BCUT2D eigenvalue weighted by Gasteiger charge is 2.16. The van der Waals surface area contributed by atoms with Crippen molar-refractivity contribution in [2.75, 3.05) is 14.2 Å². The number of benzene rings is 2. The summed E-state index contributed by atoms with van der Waals surface area (Å²) < 4.78 is 11.2. The standard InChI is InChI=1S/C21H18N2O2/c1-13-11-17(24-2)19(18(12-13)25-3)16-9-8-15-7-6-14-5-4-10-22-20(14)21(15)23-16/h4-12H,1-3H3. The van der Waals surface area contributed by atoms with Crippen LogP contribution in [0.15, 0.2) is 54.7 Å². The van der Waals surface area contributed by atoms with E-state index in [4.69, 9.17) is 14.5 Å². The molecule has 0 atom stereocenters. The number of aryl methyl sites for hydroxylation is 1. The van der Waals surface area contributed by atoms with Crippen LogP contribution in [0.4, 0.5) is 0 Å². The molecular formula is C21H18N2O2. The minimum atomic E-state index is 0.747. The van der Waals surface area contributed by atoms with Crippen molar-refractivity contribution in [3.63, 3.8) is 0 Å². The summed E-state index contributed by atoms with van der Waals surface area (Å²) in [4.78, 5) is 9.42. The highest BCUT2D eigenvalue weighted by Crippen LogP contribution is 2.39. The zero-order valence-corrected chi connectivity index (χ0v) is 14.4. The van der Waals surface area contributed by atoms with Gasteiger partial charge in [0, 0.05) is 17.0 Å². The number of hydrogen-bond donors (Lipinski definition) is 0. The molecule has 4 heteroatoms. The summed E-state index contributed by atoms with van der Waals surface area (Å²) in [5, 5.41) is 2.13. The lowest BCUT2D eigenvalue weighted by molar-refractivity contribution is 0.396. The summed E-state index contributed by atoms with van der Waals surface area (Å²) in [5.41, 5.74) is 4.50. The molecule has 4 nitrogen and oxygen atoms in total. The smallest absolute Gasteiger partial charge is 0.132 e. The second kappa shape index (κ2) is 6.06. The van der Waals surface area contributed by atoms with Gasteiger partial charge in [0.05, 0.1) is 36.5 Å². The van der Waals surface area contributed by atoms with Gasteiger partial charge < -0.3 is 9.47 Å². The summed E-state index contributed by atoms with van der Waals surface area (Å²) in [5.74, 6) is 1.49. The number of fused-ring (bicyclic) bond motifs is 3. The van der Waals surface area contributed by atoms with Crippen LogP contribution >= 0.6 is 0 Å². The van der Waals surface area contributed by atoms with Crippen LogP contribution in [0, 0.1) is 6.92 Å². The Morgan fingerprint density at radius 3 is 2.12 bits per heavy atom. The fourth-order valence-corrected chi connectivity index (χ4v) is 3.16. The van der Waals surface area contributed by atoms with Gasteiger partial charge in [-0.25, -0.2) is 4.98 Å². The third-order valence-corrected chi connectivity index (χ3v) is 4.34. The van der Waals surface area contributed by atoms with Crippen molar-refractivity contribution in [1.29, 1.82) is 0 Å². The molecule has 0 saturated carbocycles. The Morgan fingerprint density at radius 1 is 0.800 bits per heavy atom. The molecule has 0 amide bonds. The van der Waals surface area contributed by atoms with Gasteiger partial charge in [-0.15, -0.1) is 0 Å². The normalized spacial score (nSPS) is 11.0. The highest BCUT2D eigenvalue weighted by atomic mass is 16.5. The van der Waals surface area contributed by atoms with E-state index in [0.29, 0.717) is 0 Å². The number of methoxy groups -OCH3 is 2. The molecule has 0 radical (unpaired) electrons. The maximum Gasteiger partial charge on any atom is 0.132 e. The number of ether oxygens (including phenoxy) is 2. The van der Waals surface area contributed by atoms with E-state index >= 15 is 0 Å². The van der Waals surface area contributed by atoms with Crippen molar-refractivity contribution in [2.24, 2.45) is 0 Å². The fourth-order valence-electron chi connectivity index (χ4n) is 3.16. The molecule has 4 rings (SSSR count). The summed E-state index contributed by atoms with van der Waals surface area (Å²) in [6, 6.07) is 16.2. The predicted molar refractivity (Wildman–Crippen MR) is 100 cm³/mol. The zero-order valence-electron chi connectivity index (χ0n) is 14.4. The first-order valence-corrected chi connectivity index (χ1v) is 8.09. The Bertz CT molecular complexity index is 1060. The van der Waals surface area contributed by atoms with Crippen LogP contribution in [0.1, 0.15) is 5.56 Å². The molecule has 124 valence electrons. The molecule has 2 heterocycles. The minimum absolute atomic E-state index is 0.747. The van der Waals surface area contributed by atoms with Crippen LogP contribution in [-0.4, -0.2) is 24.2 Å². The molecule has 0 unspecified atom stereocenters. The first-order chi connectivity index (χ1) is 12.2. The van der Waals surface area contributed by atoms with Gasteiger partial charge in [0.1, 0.15) is 11.5 Å². The topological polar surface area (TPSA) is 44.2 Å². The second-order valence-electron chi connectivity index (χ2n) is 5.95. The third-order valence-electron chi connectivity index (χ3n) is 4.34. The lowest BCUT2D eigenvalue weighted by Crippen LogP contribution is -1.96. The van der Waals surface area contributed by atoms with Gasteiger partial charge in [-0.05, 0) is 36.8 Å². The lowest BCUT2D eigenvalue weighted by Gasteiger charge is -2.14. The number of aromatic nitrogens is 2. The second-order valence-corrected chi connectivity index (χ2v) is 5.95. The number of pyridine rings is 2. The van der Waals surface area contributed by atoms with Gasteiger partial charge in [0.25, 0.3) is 0 Å². The van der Waals surface area contributed by atoms with E-state index in [2.05, 4.69) is 23.2 Å². The molecule has 2 aromatic carbocycles. The van der Waals surface area contributed by atoms with Gasteiger partial charge in [-0.1, -0.05) is 24.3 Å². The van der Waals surface area contributed by atoms with Crippen LogP contribution < -0.4 is 9.47 Å². The van der Waals surface area contributed by atoms with E-state index in [0.717, 1.165) is 50.1 Å². The summed E-state index contributed by atoms with van der Waals surface area (Å²) in [7, 11) is 3.32. The van der Waals surface area contributed by atoms with Crippen molar-refractivity contribution >= 4 is 21.8 Å². The molecule has 4 aromatic rings. The van der Waals surface area contributed by atoms with Gasteiger partial charge in [-0.2, -0.15) is 0 Å². The monoisotopic (exact) mass is 330 g/mol. The molecule has 0 spiro atoms. The Kier molecular flexibility index (Phi) is 3.73. The Hall–Kier alpha value is -3.14. The van der Waals surface area contributed by atoms with Gasteiger partial charge in [-0.3, -0.25) is 4.98 Å². The minimum Gasteiger partial charge on any atom is -0.496 e. The van der Waals surface area contributed by atoms with Crippen LogP contribution in [0.5, 0.6) is 11.5 Å². The summed E-state index contributed by atoms with van der Waals surface area (Å²) in [6.07, 6.45) is 1.79. The number of nitrogens with zero attached hydrogens (tertiary/aromatic N) is 2. The van der Waals surface area contributed by atoms with E-state index in [9.17, 15) is 0 Å². The molecule has 0 aliphatic rings. The average Bonchev–Trinajstić information content (AvgIpc) is 2.66. The van der Waals surface area contributed by atoms with E-state index in [1.165, 1.54) is 0 Å². The third kappa shape index (κ3) is 2.56. The van der Waals surface area contributed by atoms with Crippen molar-refractivity contribution < 1.29 is 9.47 Å². The molecule has 0 aliphatic carbocycles. The maximum atomic E-state index is 5.59. The lowest BCUT2D eigenvalue weighted by atomic mass is 10.0. The Labute approximate surface area is 146 Å². The maximum absolute atomic E-state index is 5.59. The first-order valence-electron chi connectivity index (χ1n) is 8.09. The SMILES string of the molecule is COc1cc(C)cc(OC)c1-c1ccc2ccc3cccnc3c2n1. The molecule has 0 N–H and O–H groups in total. The van der Waals surface area contributed by atoms with Crippen molar-refractivity contribution in [3.05, 3.63) is 60.3 Å². The predicted octanol–water partition coefficient (Wildman–Crippen LogP) is 4.78. The van der Waals surface area contributed by atoms with Crippen LogP contribution in [0.25, 0.3) is 33.1 Å². The van der Waals surface area contributed by atoms with Gasteiger partial charge in [0.2, 0.25) is 0 Å². The number of rotatable bonds is 3. The molecule has 0 aliphatic heterocycles. The summed E-state index contributed by atoms with van der Waals surface area (Å²) in [6.45, 7) is 2.01. The van der Waals surface area contributed by atoms with E-state index in [1.807, 2.05) is 37.3 Å². The number of hydrogen-bond acceptors (Lipinski definition) is 4. The van der Waals surface area contributed by atoms with Crippen molar-refractivity contribution in [2.45, 2.75) is 6.92 Å². The van der Waals surface area contributed by atoms with Crippen molar-refractivity contribution in [3.8, 4) is 22.8 Å². The fraction of sp³-hybridized carbons (Fsp3) is 0.143. The quantitative estimate of drug-likeness (QED) is 0.507. The zero-order chi connectivity index (χ0) is 17.4. The van der Waals surface area contributed by atoms with E-state index in [1.54, 1.807) is 20.4 Å². The van der Waals surface area contributed by atoms with Gasteiger partial charge >= 0.3 is 0 Å². The average molecular weight is 330 g/mol. The van der Waals surface area contributed by atoms with Crippen LogP contribution in [-0.2, 0) is 0 Å². The van der Waals surface area contributed by atoms with E-state index < -0.39 is 0 Å². The highest BCUT2D eigenvalue weighted by molar-refractivity contribution is 6.03. The van der Waals surface area contributed by atoms with Gasteiger partial charge in [0.15, 0.2) is 0 Å². The molecule has 2 aromatic heterocycles. The molecule has 0 bridgehead atoms. The Morgan fingerprint density at radius 2 is 1.44 bits per heavy atom. The van der Waals surface area contributed by atoms with Crippen LogP contribution in [0.3, 0.4) is 0 Å². The van der Waals surface area contributed by atoms with Crippen molar-refractivity contribution in [1.82, 2.24) is 9.97 Å². The van der Waals surface area contributed by atoms with Crippen LogP contribution in [0.2, 0.25) is 0 Å².